The fourth-order valence-corrected chi connectivity index (χ4v) is 1.37. The van der Waals surface area contributed by atoms with E-state index in [1.165, 1.54) is 11.8 Å². The fourth-order valence-electron chi connectivity index (χ4n) is 0.620. The SMILES string of the molecule is CC(C)C1C=NC(=O)S1. The molecule has 1 unspecified atom stereocenters. The first-order valence-corrected chi connectivity index (χ1v) is 3.83. The molecule has 0 aromatic heterocycles. The topological polar surface area (TPSA) is 29.4 Å². The molecule has 0 aliphatic carbocycles. The lowest BCUT2D eigenvalue weighted by Gasteiger charge is -2.06. The third-order valence-corrected chi connectivity index (χ3v) is 2.47. The Morgan fingerprint density at radius 3 is 2.67 bits per heavy atom. The number of rotatable bonds is 1. The molecule has 1 heterocycles. The third kappa shape index (κ3) is 1.55. The molecule has 3 heteroatoms. The van der Waals surface area contributed by atoms with Gasteiger partial charge in [-0.25, -0.2) is 4.99 Å². The maximum atomic E-state index is 10.5. The van der Waals surface area contributed by atoms with Crippen LogP contribution in [0.4, 0.5) is 4.79 Å². The number of hydrogen-bond donors (Lipinski definition) is 0. The molecule has 9 heavy (non-hydrogen) atoms. The first kappa shape index (κ1) is 6.81. The maximum absolute atomic E-state index is 10.5. The summed E-state index contributed by atoms with van der Waals surface area (Å²) in [5, 5.41) is 0.270. The second-order valence-corrected chi connectivity index (χ2v) is 3.50. The molecule has 0 spiro atoms. The molecule has 0 fully saturated rings. The smallest absolute Gasteiger partial charge is 0.259 e. The van der Waals surface area contributed by atoms with Crippen molar-refractivity contribution >= 4 is 23.2 Å². The largest absolute Gasteiger partial charge is 0.305 e. The molecule has 0 radical (unpaired) electrons. The standard InChI is InChI=1S/C6H9NOS/c1-4(2)5-3-7-6(8)9-5/h3-5H,1-2H3. The van der Waals surface area contributed by atoms with E-state index in [0.29, 0.717) is 11.2 Å². The number of thioether (sulfide) groups is 1. The van der Waals surface area contributed by atoms with E-state index in [0.717, 1.165) is 0 Å². The number of carbonyl (C=O) groups is 1. The molecule has 50 valence electrons. The van der Waals surface area contributed by atoms with Crippen molar-refractivity contribution in [2.75, 3.05) is 0 Å². The van der Waals surface area contributed by atoms with Crippen LogP contribution < -0.4 is 0 Å². The molecular formula is C6H9NOS. The minimum Gasteiger partial charge on any atom is -0.259 e. The summed E-state index contributed by atoms with van der Waals surface area (Å²) >= 11 is 1.31. The highest BCUT2D eigenvalue weighted by atomic mass is 32.2. The van der Waals surface area contributed by atoms with Gasteiger partial charge in [0.1, 0.15) is 0 Å². The highest BCUT2D eigenvalue weighted by Crippen LogP contribution is 2.24. The van der Waals surface area contributed by atoms with Gasteiger partial charge >= 0.3 is 5.24 Å². The highest BCUT2D eigenvalue weighted by molar-refractivity contribution is 8.15. The van der Waals surface area contributed by atoms with Crippen molar-refractivity contribution in [3.63, 3.8) is 0 Å². The van der Waals surface area contributed by atoms with Crippen LogP contribution in [0.1, 0.15) is 13.8 Å². The number of carbonyl (C=O) groups excluding carboxylic acids is 1. The van der Waals surface area contributed by atoms with Gasteiger partial charge < -0.3 is 0 Å². The minimum atomic E-state index is -0.0475. The summed E-state index contributed by atoms with van der Waals surface area (Å²) in [5.74, 6) is 0.519. The van der Waals surface area contributed by atoms with Gasteiger partial charge in [0.05, 0.1) is 5.25 Å². The molecule has 1 amide bonds. The van der Waals surface area contributed by atoms with Crippen LogP contribution in [-0.4, -0.2) is 16.7 Å². The van der Waals surface area contributed by atoms with E-state index < -0.39 is 0 Å². The van der Waals surface area contributed by atoms with Crippen molar-refractivity contribution in [2.45, 2.75) is 19.1 Å². The molecule has 0 aromatic rings. The zero-order chi connectivity index (χ0) is 6.85. The molecule has 0 saturated heterocycles. The van der Waals surface area contributed by atoms with Crippen LogP contribution in [0, 0.1) is 5.92 Å². The Hall–Kier alpha value is -0.310. The normalized spacial score (nSPS) is 26.1. The van der Waals surface area contributed by atoms with E-state index in [1.807, 2.05) is 0 Å². The Morgan fingerprint density at radius 2 is 2.44 bits per heavy atom. The summed E-state index contributed by atoms with van der Waals surface area (Å²) in [7, 11) is 0. The van der Waals surface area contributed by atoms with Gasteiger partial charge in [0, 0.05) is 6.21 Å². The average Bonchev–Trinajstić information content (AvgIpc) is 2.14. The molecular weight excluding hydrogens is 134 g/mol. The van der Waals surface area contributed by atoms with Gasteiger partial charge in [0.2, 0.25) is 0 Å². The quantitative estimate of drug-likeness (QED) is 0.561. The van der Waals surface area contributed by atoms with Gasteiger partial charge in [-0.1, -0.05) is 25.6 Å². The number of nitrogens with zero attached hydrogens (tertiary/aromatic N) is 1. The Kier molecular flexibility index (Phi) is 1.90. The Labute approximate surface area is 58.7 Å². The molecule has 0 aromatic carbocycles. The molecule has 1 rings (SSSR count). The van der Waals surface area contributed by atoms with E-state index in [4.69, 9.17) is 0 Å². The van der Waals surface area contributed by atoms with Crippen LogP contribution >= 0.6 is 11.8 Å². The van der Waals surface area contributed by atoms with Crippen LogP contribution in [0.25, 0.3) is 0 Å². The summed E-state index contributed by atoms with van der Waals surface area (Å²) in [6.45, 7) is 4.17. The fraction of sp³-hybridized carbons (Fsp3) is 0.667. The van der Waals surface area contributed by atoms with E-state index in [9.17, 15) is 4.79 Å². The van der Waals surface area contributed by atoms with Crippen LogP contribution in [0.2, 0.25) is 0 Å². The van der Waals surface area contributed by atoms with Gasteiger partial charge in [0.25, 0.3) is 0 Å². The summed E-state index contributed by atoms with van der Waals surface area (Å²) in [6.07, 6.45) is 1.73. The van der Waals surface area contributed by atoms with Gasteiger partial charge in [-0.15, -0.1) is 0 Å². The predicted octanol–water partition coefficient (Wildman–Crippen LogP) is 1.95. The second-order valence-electron chi connectivity index (χ2n) is 2.37. The van der Waals surface area contributed by atoms with Gasteiger partial charge in [-0.3, -0.25) is 4.79 Å². The van der Waals surface area contributed by atoms with Crippen LogP contribution in [0.15, 0.2) is 4.99 Å². The lowest BCUT2D eigenvalue weighted by Crippen LogP contribution is -2.08. The predicted molar refractivity (Wildman–Crippen MR) is 40.1 cm³/mol. The number of aliphatic imine (C=N–C) groups is 1. The third-order valence-electron chi connectivity index (χ3n) is 1.22. The monoisotopic (exact) mass is 143 g/mol. The van der Waals surface area contributed by atoms with Crippen molar-refractivity contribution in [3.8, 4) is 0 Å². The molecule has 0 bridgehead atoms. The van der Waals surface area contributed by atoms with E-state index in [-0.39, 0.29) is 5.24 Å². The number of hydrogen-bond acceptors (Lipinski definition) is 2. The second kappa shape index (κ2) is 2.52. The maximum Gasteiger partial charge on any atom is 0.305 e. The lowest BCUT2D eigenvalue weighted by atomic mass is 10.1. The molecule has 2 nitrogen and oxygen atoms in total. The van der Waals surface area contributed by atoms with Gasteiger partial charge in [-0.2, -0.15) is 0 Å². The minimum absolute atomic E-state index is 0.0475. The van der Waals surface area contributed by atoms with Crippen LogP contribution in [-0.2, 0) is 0 Å². The highest BCUT2D eigenvalue weighted by Gasteiger charge is 2.20. The zero-order valence-electron chi connectivity index (χ0n) is 5.50. The first-order valence-electron chi connectivity index (χ1n) is 2.95. The summed E-state index contributed by atoms with van der Waals surface area (Å²) < 4.78 is 0. The van der Waals surface area contributed by atoms with Crippen molar-refractivity contribution in [3.05, 3.63) is 0 Å². The first-order chi connectivity index (χ1) is 4.20. The molecule has 0 saturated carbocycles. The summed E-state index contributed by atoms with van der Waals surface area (Å²) in [6, 6.07) is 0. The summed E-state index contributed by atoms with van der Waals surface area (Å²) in [4.78, 5) is 14.2. The zero-order valence-corrected chi connectivity index (χ0v) is 6.31. The van der Waals surface area contributed by atoms with Crippen molar-refractivity contribution in [1.82, 2.24) is 0 Å². The van der Waals surface area contributed by atoms with E-state index in [1.54, 1.807) is 6.21 Å². The van der Waals surface area contributed by atoms with Crippen LogP contribution in [0.5, 0.6) is 0 Å². The molecule has 1 atom stereocenters. The van der Waals surface area contributed by atoms with Gasteiger partial charge in [-0.05, 0) is 5.92 Å². The van der Waals surface area contributed by atoms with Crippen molar-refractivity contribution in [2.24, 2.45) is 10.9 Å². The Balaban J connectivity index is 2.50. The van der Waals surface area contributed by atoms with E-state index >= 15 is 0 Å². The van der Waals surface area contributed by atoms with E-state index in [2.05, 4.69) is 18.8 Å². The molecule has 1 aliphatic rings. The molecule has 0 N–H and O–H groups in total. The van der Waals surface area contributed by atoms with Crippen molar-refractivity contribution < 1.29 is 4.79 Å². The van der Waals surface area contributed by atoms with Crippen molar-refractivity contribution in [1.29, 1.82) is 0 Å². The summed E-state index contributed by atoms with van der Waals surface area (Å²) in [5.41, 5.74) is 0. The van der Waals surface area contributed by atoms with Gasteiger partial charge in [0.15, 0.2) is 0 Å². The molecule has 1 aliphatic heterocycles. The Bertz CT molecular complexity index is 153. The Morgan fingerprint density at radius 1 is 1.78 bits per heavy atom. The lowest BCUT2D eigenvalue weighted by molar-refractivity contribution is 0.268. The average molecular weight is 143 g/mol. The number of amides is 1. The van der Waals surface area contributed by atoms with Crippen LogP contribution in [0.3, 0.4) is 0 Å².